The predicted octanol–water partition coefficient (Wildman–Crippen LogP) is 2.30. The van der Waals surface area contributed by atoms with E-state index in [4.69, 9.17) is 9.47 Å². The average molecular weight is 356 g/mol. The summed E-state index contributed by atoms with van der Waals surface area (Å²) in [6.45, 7) is 8.26. The van der Waals surface area contributed by atoms with E-state index < -0.39 is 48.9 Å². The molecule has 0 rings (SSSR count). The van der Waals surface area contributed by atoms with Gasteiger partial charge in [0.05, 0.1) is 25.3 Å². The van der Waals surface area contributed by atoms with Crippen LogP contribution in [0, 0.1) is 0 Å². The van der Waals surface area contributed by atoms with Gasteiger partial charge >= 0.3 is 0 Å². The number of carbonyl (C=O) groups is 1. The highest BCUT2D eigenvalue weighted by atomic mass is 19.3. The Hall–Kier alpha value is -0.860. The largest absolute Gasteiger partial charge is 0.372 e. The quantitative estimate of drug-likeness (QED) is 0.631. The summed E-state index contributed by atoms with van der Waals surface area (Å²) >= 11 is 0. The molecule has 0 aliphatic carbocycles. The van der Waals surface area contributed by atoms with E-state index in [0.717, 1.165) is 0 Å². The molecule has 0 spiro atoms. The lowest BCUT2D eigenvalue weighted by molar-refractivity contribution is -0.131. The lowest BCUT2D eigenvalue weighted by Crippen LogP contribution is -2.45. The van der Waals surface area contributed by atoms with Gasteiger partial charge in [0.2, 0.25) is 5.91 Å². The summed E-state index contributed by atoms with van der Waals surface area (Å²) in [5.74, 6) is -3.55. The maximum atomic E-state index is 13.5. The molecule has 0 bridgehead atoms. The Kier molecular flexibility index (Phi) is 9.24. The zero-order valence-corrected chi connectivity index (χ0v) is 15.5. The van der Waals surface area contributed by atoms with Crippen LogP contribution in [0.2, 0.25) is 0 Å². The molecule has 0 aromatic rings. The van der Waals surface area contributed by atoms with E-state index in [1.807, 2.05) is 0 Å². The fourth-order valence-electron chi connectivity index (χ4n) is 1.40. The van der Waals surface area contributed by atoms with Crippen LogP contribution in [0.15, 0.2) is 0 Å². The maximum Gasteiger partial charge on any atom is 0.283 e. The Bertz CT molecular complexity index is 380. The van der Waals surface area contributed by atoms with Crippen molar-refractivity contribution in [1.29, 1.82) is 0 Å². The normalized spacial score (nSPS) is 14.5. The van der Waals surface area contributed by atoms with Gasteiger partial charge in [-0.1, -0.05) is 0 Å². The van der Waals surface area contributed by atoms with Crippen molar-refractivity contribution in [2.45, 2.75) is 64.8 Å². The van der Waals surface area contributed by atoms with Crippen LogP contribution in [-0.2, 0) is 14.3 Å². The van der Waals surface area contributed by atoms with Crippen molar-refractivity contribution < 1.29 is 27.4 Å². The zero-order valence-electron chi connectivity index (χ0n) is 15.5. The minimum Gasteiger partial charge on any atom is -0.372 e. The molecule has 2 N–H and O–H groups in total. The summed E-state index contributed by atoms with van der Waals surface area (Å²) in [6, 6.07) is 0. The van der Waals surface area contributed by atoms with Gasteiger partial charge in [-0.05, 0) is 41.5 Å². The zero-order chi connectivity index (χ0) is 19.0. The average Bonchev–Trinajstić information content (AvgIpc) is 2.39. The molecule has 0 radical (unpaired) electrons. The number of hydrogen-bond donors (Lipinski definition) is 2. The molecule has 5 nitrogen and oxygen atoms in total. The lowest BCUT2D eigenvalue weighted by atomic mass is 10.1. The highest BCUT2D eigenvalue weighted by molar-refractivity contribution is 5.77. The van der Waals surface area contributed by atoms with E-state index >= 15 is 0 Å². The van der Waals surface area contributed by atoms with Gasteiger partial charge in [-0.2, -0.15) is 0 Å². The number of alkyl halides is 3. The minimum atomic E-state index is -3.09. The molecule has 0 fully saturated rings. The number of rotatable bonds is 10. The number of ether oxygens (including phenoxy) is 2. The van der Waals surface area contributed by atoms with Gasteiger partial charge in [0.15, 0.2) is 0 Å². The summed E-state index contributed by atoms with van der Waals surface area (Å²) in [4.78, 5) is 11.4. The van der Waals surface area contributed by atoms with Crippen LogP contribution < -0.4 is 10.6 Å². The second-order valence-electron chi connectivity index (χ2n) is 7.78. The molecule has 0 aliphatic rings. The third-order valence-electron chi connectivity index (χ3n) is 2.65. The van der Waals surface area contributed by atoms with Crippen LogP contribution in [0.25, 0.3) is 0 Å². The SMILES string of the molecule is CC(C)(C)NCC(F)(F)COCC(F)CNC(=O)COC(C)(C)C. The third-order valence-corrected chi connectivity index (χ3v) is 2.65. The molecule has 144 valence electrons. The highest BCUT2D eigenvalue weighted by Gasteiger charge is 2.31. The van der Waals surface area contributed by atoms with Crippen molar-refractivity contribution in [2.75, 3.05) is 32.9 Å². The van der Waals surface area contributed by atoms with Gasteiger partial charge < -0.3 is 20.1 Å². The molecule has 0 saturated carbocycles. The first-order valence-electron chi connectivity index (χ1n) is 7.95. The van der Waals surface area contributed by atoms with Crippen molar-refractivity contribution in [3.05, 3.63) is 0 Å². The van der Waals surface area contributed by atoms with Crippen LogP contribution in [-0.4, -0.2) is 62.1 Å². The molecule has 0 heterocycles. The number of carbonyl (C=O) groups excluding carboxylic acids is 1. The van der Waals surface area contributed by atoms with E-state index in [1.54, 1.807) is 41.5 Å². The number of nitrogens with one attached hydrogen (secondary N) is 2. The Labute approximate surface area is 142 Å². The topological polar surface area (TPSA) is 59.6 Å². The minimum absolute atomic E-state index is 0.187. The van der Waals surface area contributed by atoms with E-state index in [0.29, 0.717) is 0 Å². The van der Waals surface area contributed by atoms with E-state index in [1.165, 1.54) is 0 Å². The first kappa shape index (κ1) is 23.1. The molecular formula is C16H31F3N2O3. The monoisotopic (exact) mass is 356 g/mol. The second kappa shape index (κ2) is 9.58. The summed E-state index contributed by atoms with van der Waals surface area (Å²) in [5.41, 5.74) is -0.909. The molecule has 0 aromatic heterocycles. The number of halogens is 3. The molecule has 1 atom stereocenters. The summed E-state index contributed by atoms with van der Waals surface area (Å²) in [5, 5.41) is 5.00. The predicted molar refractivity (Wildman–Crippen MR) is 87.1 cm³/mol. The maximum absolute atomic E-state index is 13.5. The van der Waals surface area contributed by atoms with E-state index in [2.05, 4.69) is 10.6 Å². The van der Waals surface area contributed by atoms with E-state index in [9.17, 15) is 18.0 Å². The molecular weight excluding hydrogens is 325 g/mol. The van der Waals surface area contributed by atoms with Crippen LogP contribution in [0.4, 0.5) is 13.2 Å². The summed E-state index contributed by atoms with van der Waals surface area (Å²) in [6.07, 6.45) is -1.56. The highest BCUT2D eigenvalue weighted by Crippen LogP contribution is 2.14. The van der Waals surface area contributed by atoms with Crippen molar-refractivity contribution >= 4 is 5.91 Å². The fourth-order valence-corrected chi connectivity index (χ4v) is 1.40. The first-order chi connectivity index (χ1) is 10.7. The smallest absolute Gasteiger partial charge is 0.283 e. The molecule has 1 amide bonds. The Balaban J connectivity index is 3.89. The van der Waals surface area contributed by atoms with Gasteiger partial charge in [-0.15, -0.1) is 0 Å². The van der Waals surface area contributed by atoms with Gasteiger partial charge in [0.1, 0.15) is 19.4 Å². The summed E-state index contributed by atoms with van der Waals surface area (Å²) < 4.78 is 50.6. The molecule has 24 heavy (non-hydrogen) atoms. The van der Waals surface area contributed by atoms with Crippen LogP contribution in [0.3, 0.4) is 0 Å². The molecule has 0 saturated heterocycles. The van der Waals surface area contributed by atoms with Crippen molar-refractivity contribution in [3.63, 3.8) is 0 Å². The van der Waals surface area contributed by atoms with Crippen molar-refractivity contribution in [1.82, 2.24) is 10.6 Å². The lowest BCUT2D eigenvalue weighted by Gasteiger charge is -2.25. The third kappa shape index (κ3) is 14.7. The van der Waals surface area contributed by atoms with Gasteiger partial charge in [0.25, 0.3) is 5.92 Å². The van der Waals surface area contributed by atoms with Gasteiger partial charge in [-0.25, -0.2) is 13.2 Å². The van der Waals surface area contributed by atoms with Gasteiger partial charge in [0, 0.05) is 5.54 Å². The van der Waals surface area contributed by atoms with Crippen LogP contribution in [0.5, 0.6) is 0 Å². The van der Waals surface area contributed by atoms with Crippen LogP contribution in [0.1, 0.15) is 41.5 Å². The number of amides is 1. The van der Waals surface area contributed by atoms with Crippen molar-refractivity contribution in [3.8, 4) is 0 Å². The molecule has 0 aromatic carbocycles. The fraction of sp³-hybridized carbons (Fsp3) is 0.938. The molecule has 1 unspecified atom stereocenters. The number of hydrogen-bond acceptors (Lipinski definition) is 4. The van der Waals surface area contributed by atoms with Crippen molar-refractivity contribution in [2.24, 2.45) is 0 Å². The Morgan fingerprint density at radius 1 is 1.12 bits per heavy atom. The molecule has 8 heteroatoms. The van der Waals surface area contributed by atoms with Crippen LogP contribution >= 0.6 is 0 Å². The Morgan fingerprint density at radius 3 is 2.21 bits per heavy atom. The first-order valence-corrected chi connectivity index (χ1v) is 7.95. The summed E-state index contributed by atoms with van der Waals surface area (Å²) in [7, 11) is 0. The standard InChI is InChI=1S/C16H31F3N2O3/c1-14(2,3)21-10-16(18,19)11-23-8-12(17)7-20-13(22)9-24-15(4,5)6/h12,21H,7-11H2,1-6H3,(H,20,22). The van der Waals surface area contributed by atoms with E-state index in [-0.39, 0.29) is 13.2 Å². The Morgan fingerprint density at radius 2 is 1.71 bits per heavy atom. The second-order valence-corrected chi connectivity index (χ2v) is 7.78. The molecule has 0 aliphatic heterocycles. The van der Waals surface area contributed by atoms with Gasteiger partial charge in [-0.3, -0.25) is 4.79 Å².